The van der Waals surface area contributed by atoms with E-state index in [1.54, 1.807) is 18.4 Å². The Hall–Kier alpha value is -2.54. The molecule has 1 aliphatic rings. The van der Waals surface area contributed by atoms with Crippen molar-refractivity contribution in [2.24, 2.45) is 0 Å². The summed E-state index contributed by atoms with van der Waals surface area (Å²) in [5.74, 6) is 0.896. The van der Waals surface area contributed by atoms with Crippen LogP contribution in [0.1, 0.15) is 11.5 Å². The molecule has 26 heavy (non-hydrogen) atoms. The van der Waals surface area contributed by atoms with E-state index < -0.39 is 11.9 Å². The summed E-state index contributed by atoms with van der Waals surface area (Å²) in [6.45, 7) is 3.56. The maximum absolute atomic E-state index is 13.2. The molecule has 1 aromatic carbocycles. The highest BCUT2D eigenvalue weighted by atomic mass is 19.4. The van der Waals surface area contributed by atoms with Gasteiger partial charge in [-0.05, 0) is 24.3 Å². The summed E-state index contributed by atoms with van der Waals surface area (Å²) in [6, 6.07) is 11.9. The van der Waals surface area contributed by atoms with E-state index in [-0.39, 0.29) is 0 Å². The molecule has 0 saturated carbocycles. The molecule has 1 aliphatic heterocycles. The van der Waals surface area contributed by atoms with Crippen molar-refractivity contribution >= 4 is 16.6 Å². The number of anilines is 1. The van der Waals surface area contributed by atoms with Crippen molar-refractivity contribution < 1.29 is 17.6 Å². The van der Waals surface area contributed by atoms with E-state index in [2.05, 4.69) is 9.88 Å². The van der Waals surface area contributed by atoms with E-state index in [0.29, 0.717) is 30.8 Å². The molecular formula is C19H18F3N3O. The normalized spacial score (nSPS) is 16.3. The van der Waals surface area contributed by atoms with Crippen LogP contribution in [-0.4, -0.2) is 36.1 Å². The van der Waals surface area contributed by atoms with Gasteiger partial charge in [-0.25, -0.2) is 4.98 Å². The van der Waals surface area contributed by atoms with E-state index in [9.17, 15) is 13.2 Å². The van der Waals surface area contributed by atoms with Gasteiger partial charge in [-0.1, -0.05) is 18.2 Å². The van der Waals surface area contributed by atoms with E-state index >= 15 is 0 Å². The SMILES string of the molecule is FC(F)(F)c1cc(N2CCN(Cc3ccco3)CC2)c2ccccc2n1. The molecule has 4 rings (SSSR count). The molecule has 0 N–H and O–H groups in total. The Balaban J connectivity index is 1.58. The first kappa shape index (κ1) is 16.9. The number of nitrogens with zero attached hydrogens (tertiary/aromatic N) is 3. The minimum atomic E-state index is -4.46. The van der Waals surface area contributed by atoms with Crippen LogP contribution >= 0.6 is 0 Å². The highest BCUT2D eigenvalue weighted by Gasteiger charge is 2.34. The molecule has 0 unspecified atom stereocenters. The quantitative estimate of drug-likeness (QED) is 0.701. The zero-order valence-electron chi connectivity index (χ0n) is 14.0. The number of alkyl halides is 3. The fraction of sp³-hybridized carbons (Fsp3) is 0.316. The lowest BCUT2D eigenvalue weighted by atomic mass is 10.1. The van der Waals surface area contributed by atoms with Gasteiger partial charge in [0.15, 0.2) is 0 Å². The second-order valence-electron chi connectivity index (χ2n) is 6.38. The Morgan fingerprint density at radius 2 is 1.77 bits per heavy atom. The summed E-state index contributed by atoms with van der Waals surface area (Å²) in [5.41, 5.74) is 0.125. The summed E-state index contributed by atoms with van der Waals surface area (Å²) in [4.78, 5) is 8.04. The molecule has 0 radical (unpaired) electrons. The molecule has 0 aliphatic carbocycles. The van der Waals surface area contributed by atoms with Crippen molar-refractivity contribution in [1.29, 1.82) is 0 Å². The Morgan fingerprint density at radius 1 is 1.00 bits per heavy atom. The Morgan fingerprint density at radius 3 is 2.46 bits per heavy atom. The molecule has 1 fully saturated rings. The lowest BCUT2D eigenvalue weighted by Crippen LogP contribution is -2.46. The molecule has 3 aromatic rings. The van der Waals surface area contributed by atoms with Gasteiger partial charge in [0.05, 0.1) is 18.3 Å². The predicted molar refractivity (Wildman–Crippen MR) is 92.9 cm³/mol. The first-order chi connectivity index (χ1) is 12.5. The number of benzene rings is 1. The Labute approximate surface area is 148 Å². The maximum Gasteiger partial charge on any atom is 0.433 e. The van der Waals surface area contributed by atoms with Gasteiger partial charge in [-0.3, -0.25) is 4.90 Å². The van der Waals surface area contributed by atoms with Crippen molar-refractivity contribution in [3.05, 3.63) is 60.2 Å². The number of halogens is 3. The number of furan rings is 1. The number of aromatic nitrogens is 1. The molecule has 1 saturated heterocycles. The second-order valence-corrected chi connectivity index (χ2v) is 6.38. The van der Waals surface area contributed by atoms with Gasteiger partial charge in [-0.2, -0.15) is 13.2 Å². The van der Waals surface area contributed by atoms with Crippen LogP contribution in [0.4, 0.5) is 18.9 Å². The van der Waals surface area contributed by atoms with Crippen LogP contribution in [0.15, 0.2) is 53.1 Å². The summed E-state index contributed by atoms with van der Waals surface area (Å²) >= 11 is 0. The highest BCUT2D eigenvalue weighted by Crippen LogP contribution is 2.35. The van der Waals surface area contributed by atoms with Crippen LogP contribution in [0.3, 0.4) is 0 Å². The van der Waals surface area contributed by atoms with Gasteiger partial charge in [0.25, 0.3) is 0 Å². The van der Waals surface area contributed by atoms with Gasteiger partial charge in [0.1, 0.15) is 11.5 Å². The molecule has 0 atom stereocenters. The first-order valence-corrected chi connectivity index (χ1v) is 8.47. The van der Waals surface area contributed by atoms with Crippen molar-refractivity contribution in [2.75, 3.05) is 31.1 Å². The zero-order valence-corrected chi connectivity index (χ0v) is 14.0. The third-order valence-electron chi connectivity index (χ3n) is 4.66. The van der Waals surface area contributed by atoms with Gasteiger partial charge in [0, 0.05) is 37.3 Å². The summed E-state index contributed by atoms with van der Waals surface area (Å²) < 4.78 is 45.1. The molecule has 136 valence electrons. The summed E-state index contributed by atoms with van der Waals surface area (Å²) in [5, 5.41) is 0.750. The lowest BCUT2D eigenvalue weighted by molar-refractivity contribution is -0.140. The topological polar surface area (TPSA) is 32.5 Å². The van der Waals surface area contributed by atoms with Gasteiger partial charge >= 0.3 is 6.18 Å². The third-order valence-corrected chi connectivity index (χ3v) is 4.66. The molecule has 7 heteroatoms. The predicted octanol–water partition coefficient (Wildman–Crippen LogP) is 4.17. The molecule has 0 spiro atoms. The zero-order chi connectivity index (χ0) is 18.1. The average Bonchev–Trinajstić information content (AvgIpc) is 3.14. The third kappa shape index (κ3) is 3.39. The summed E-state index contributed by atoms with van der Waals surface area (Å²) in [7, 11) is 0. The van der Waals surface area contributed by atoms with Crippen molar-refractivity contribution in [3.8, 4) is 0 Å². The van der Waals surface area contributed by atoms with Crippen LogP contribution in [0.5, 0.6) is 0 Å². The number of pyridine rings is 1. The monoisotopic (exact) mass is 361 g/mol. The molecule has 3 heterocycles. The van der Waals surface area contributed by atoms with Gasteiger partial charge in [0.2, 0.25) is 0 Å². The van der Waals surface area contributed by atoms with Crippen LogP contribution in [0.2, 0.25) is 0 Å². The van der Waals surface area contributed by atoms with E-state index in [0.717, 1.165) is 24.2 Å². The number of rotatable bonds is 3. The molecule has 0 amide bonds. The summed E-state index contributed by atoms with van der Waals surface area (Å²) in [6.07, 6.45) is -2.81. The van der Waals surface area contributed by atoms with Crippen molar-refractivity contribution in [1.82, 2.24) is 9.88 Å². The smallest absolute Gasteiger partial charge is 0.433 e. The lowest BCUT2D eigenvalue weighted by Gasteiger charge is -2.36. The van der Waals surface area contributed by atoms with Crippen molar-refractivity contribution in [2.45, 2.75) is 12.7 Å². The standard InChI is InChI=1S/C19H18F3N3O/c20-19(21,22)18-12-17(15-5-1-2-6-16(15)23-18)25-9-7-24(8-10-25)13-14-4-3-11-26-14/h1-6,11-12H,7-10,13H2. The van der Waals surface area contributed by atoms with Crippen LogP contribution in [-0.2, 0) is 12.7 Å². The average molecular weight is 361 g/mol. The Kier molecular flexibility index (Phi) is 4.32. The van der Waals surface area contributed by atoms with Crippen LogP contribution in [0.25, 0.3) is 10.9 Å². The van der Waals surface area contributed by atoms with Crippen molar-refractivity contribution in [3.63, 3.8) is 0 Å². The first-order valence-electron chi connectivity index (χ1n) is 8.47. The molecule has 4 nitrogen and oxygen atoms in total. The maximum atomic E-state index is 13.2. The minimum Gasteiger partial charge on any atom is -0.468 e. The van der Waals surface area contributed by atoms with Gasteiger partial charge in [-0.15, -0.1) is 0 Å². The minimum absolute atomic E-state index is 0.371. The van der Waals surface area contributed by atoms with Gasteiger partial charge < -0.3 is 9.32 Å². The number of hydrogen-bond donors (Lipinski definition) is 0. The molecular weight excluding hydrogens is 343 g/mol. The van der Waals surface area contributed by atoms with Crippen LogP contribution < -0.4 is 4.90 Å². The second kappa shape index (κ2) is 6.64. The molecule has 2 aromatic heterocycles. The number of hydrogen-bond acceptors (Lipinski definition) is 4. The number of piperazine rings is 1. The van der Waals surface area contributed by atoms with Crippen LogP contribution in [0, 0.1) is 0 Å². The molecule has 0 bridgehead atoms. The van der Waals surface area contributed by atoms with E-state index in [4.69, 9.17) is 4.42 Å². The fourth-order valence-corrected chi connectivity index (χ4v) is 3.33. The largest absolute Gasteiger partial charge is 0.468 e. The number of fused-ring (bicyclic) bond motifs is 1. The highest BCUT2D eigenvalue weighted by molar-refractivity contribution is 5.92. The number of para-hydroxylation sites is 1. The fourth-order valence-electron chi connectivity index (χ4n) is 3.33. The van der Waals surface area contributed by atoms with E-state index in [1.165, 1.54) is 6.07 Å². The Bertz CT molecular complexity index is 885. The van der Waals surface area contributed by atoms with E-state index in [1.807, 2.05) is 29.2 Å².